The van der Waals surface area contributed by atoms with E-state index in [4.69, 9.17) is 9.47 Å². The van der Waals surface area contributed by atoms with Crippen molar-refractivity contribution >= 4 is 21.8 Å². The fourth-order valence-corrected chi connectivity index (χ4v) is 2.15. The molecule has 0 aliphatic heterocycles. The second-order valence-corrected chi connectivity index (χ2v) is 5.91. The zero-order valence-electron chi connectivity index (χ0n) is 12.7. The first kappa shape index (κ1) is 16.4. The van der Waals surface area contributed by atoms with Crippen LogP contribution in [0.5, 0.6) is 17.2 Å². The molecule has 0 aromatic heterocycles. The maximum absolute atomic E-state index is 11.9. The van der Waals surface area contributed by atoms with E-state index in [9.17, 15) is 4.79 Å². The van der Waals surface area contributed by atoms with E-state index in [1.54, 1.807) is 25.2 Å². The fourth-order valence-electron chi connectivity index (χ4n) is 1.89. The van der Waals surface area contributed by atoms with E-state index in [0.29, 0.717) is 22.8 Å². The second-order valence-electron chi connectivity index (χ2n) is 4.99. The highest BCUT2D eigenvalue weighted by Crippen LogP contribution is 2.28. The Kier molecular flexibility index (Phi) is 5.44. The maximum atomic E-state index is 11.9. The summed E-state index contributed by atoms with van der Waals surface area (Å²) in [5.74, 6) is 1.66. The molecule has 2 aromatic rings. The van der Waals surface area contributed by atoms with Gasteiger partial charge in [-0.3, -0.25) is 4.79 Å². The lowest BCUT2D eigenvalue weighted by molar-refractivity contribution is 0.0962. The van der Waals surface area contributed by atoms with Crippen LogP contribution in [0.2, 0.25) is 0 Å². The van der Waals surface area contributed by atoms with E-state index < -0.39 is 0 Å². The third-order valence-corrected chi connectivity index (χ3v) is 3.32. The van der Waals surface area contributed by atoms with Crippen molar-refractivity contribution in [2.45, 2.75) is 20.0 Å². The quantitative estimate of drug-likeness (QED) is 0.856. The molecule has 0 saturated carbocycles. The highest BCUT2D eigenvalue weighted by Gasteiger charge is 2.10. The number of benzene rings is 2. The van der Waals surface area contributed by atoms with Crippen LogP contribution in [0.1, 0.15) is 24.2 Å². The van der Waals surface area contributed by atoms with Gasteiger partial charge in [-0.25, -0.2) is 0 Å². The molecule has 116 valence electrons. The first-order valence-corrected chi connectivity index (χ1v) is 7.74. The van der Waals surface area contributed by atoms with Crippen LogP contribution in [0.4, 0.5) is 0 Å². The van der Waals surface area contributed by atoms with E-state index in [-0.39, 0.29) is 12.0 Å². The van der Waals surface area contributed by atoms with Crippen LogP contribution in [-0.2, 0) is 0 Å². The molecule has 1 amide bonds. The summed E-state index contributed by atoms with van der Waals surface area (Å²) in [6, 6.07) is 12.6. The Morgan fingerprint density at radius 1 is 1.05 bits per heavy atom. The van der Waals surface area contributed by atoms with Gasteiger partial charge >= 0.3 is 0 Å². The smallest absolute Gasteiger partial charge is 0.251 e. The van der Waals surface area contributed by atoms with Crippen molar-refractivity contribution in [3.63, 3.8) is 0 Å². The van der Waals surface area contributed by atoms with Crippen LogP contribution in [0.3, 0.4) is 0 Å². The first-order chi connectivity index (χ1) is 10.5. The largest absolute Gasteiger partial charge is 0.491 e. The highest BCUT2D eigenvalue weighted by molar-refractivity contribution is 9.10. The summed E-state index contributed by atoms with van der Waals surface area (Å²) < 4.78 is 12.5. The number of hydrogen-bond donors (Lipinski definition) is 1. The molecule has 2 rings (SSSR count). The molecule has 22 heavy (non-hydrogen) atoms. The number of carbonyl (C=O) groups excluding carboxylic acids is 1. The van der Waals surface area contributed by atoms with Gasteiger partial charge in [-0.2, -0.15) is 0 Å². The zero-order chi connectivity index (χ0) is 16.1. The number of hydrogen-bond acceptors (Lipinski definition) is 3. The molecular weight excluding hydrogens is 346 g/mol. The van der Waals surface area contributed by atoms with Crippen molar-refractivity contribution in [2.24, 2.45) is 0 Å². The van der Waals surface area contributed by atoms with Crippen LogP contribution < -0.4 is 14.8 Å². The Labute approximate surface area is 138 Å². The van der Waals surface area contributed by atoms with E-state index >= 15 is 0 Å². The van der Waals surface area contributed by atoms with Crippen molar-refractivity contribution in [1.29, 1.82) is 0 Å². The number of nitrogens with one attached hydrogen (secondary N) is 1. The maximum Gasteiger partial charge on any atom is 0.251 e. The number of ether oxygens (including phenoxy) is 2. The van der Waals surface area contributed by atoms with Crippen LogP contribution in [0.25, 0.3) is 0 Å². The van der Waals surface area contributed by atoms with Crippen molar-refractivity contribution in [3.8, 4) is 17.2 Å². The van der Waals surface area contributed by atoms with Gasteiger partial charge in [0.15, 0.2) is 0 Å². The summed E-state index contributed by atoms with van der Waals surface area (Å²) in [5.41, 5.74) is 0.493. The minimum atomic E-state index is -0.185. The molecule has 0 fully saturated rings. The number of carbonyl (C=O) groups is 1. The Hall–Kier alpha value is -2.01. The molecule has 0 unspecified atom stereocenters. The summed E-state index contributed by atoms with van der Waals surface area (Å²) >= 11 is 3.38. The Bertz CT molecular complexity index is 653. The van der Waals surface area contributed by atoms with Gasteiger partial charge in [-0.15, -0.1) is 0 Å². The standard InChI is InChI=1S/C17H18BrNO3/c1-11(2)21-15-8-12(17(20)19-3)9-16(10-15)22-14-6-4-13(18)5-7-14/h4-11H,1-3H3,(H,19,20). The lowest BCUT2D eigenvalue weighted by atomic mass is 10.2. The molecule has 0 aliphatic carbocycles. The molecular formula is C17H18BrNO3. The summed E-state index contributed by atoms with van der Waals surface area (Å²) in [7, 11) is 1.59. The number of amides is 1. The summed E-state index contributed by atoms with van der Waals surface area (Å²) in [6.45, 7) is 3.86. The topological polar surface area (TPSA) is 47.6 Å². The predicted molar refractivity (Wildman–Crippen MR) is 89.8 cm³/mol. The van der Waals surface area contributed by atoms with Gasteiger partial charge in [0.1, 0.15) is 17.2 Å². The van der Waals surface area contributed by atoms with Gasteiger partial charge in [-0.1, -0.05) is 15.9 Å². The first-order valence-electron chi connectivity index (χ1n) is 6.95. The molecule has 0 atom stereocenters. The van der Waals surface area contributed by atoms with Crippen LogP contribution >= 0.6 is 15.9 Å². The minimum Gasteiger partial charge on any atom is -0.491 e. The summed E-state index contributed by atoms with van der Waals surface area (Å²) in [5, 5.41) is 2.60. The molecule has 0 saturated heterocycles. The Morgan fingerprint density at radius 3 is 2.27 bits per heavy atom. The molecule has 4 nitrogen and oxygen atoms in total. The zero-order valence-corrected chi connectivity index (χ0v) is 14.3. The monoisotopic (exact) mass is 363 g/mol. The van der Waals surface area contributed by atoms with Crippen LogP contribution in [-0.4, -0.2) is 19.1 Å². The fraction of sp³-hybridized carbons (Fsp3) is 0.235. The minimum absolute atomic E-state index is 0.0143. The lowest BCUT2D eigenvalue weighted by Crippen LogP contribution is -2.18. The normalized spacial score (nSPS) is 10.4. The van der Waals surface area contributed by atoms with Gasteiger partial charge < -0.3 is 14.8 Å². The predicted octanol–water partition coefficient (Wildman–Crippen LogP) is 4.39. The number of rotatable bonds is 5. The second kappa shape index (κ2) is 7.31. The van der Waals surface area contributed by atoms with Gasteiger partial charge in [-0.05, 0) is 50.2 Å². The average Bonchev–Trinajstić information content (AvgIpc) is 2.48. The van der Waals surface area contributed by atoms with Crippen molar-refractivity contribution < 1.29 is 14.3 Å². The molecule has 1 N–H and O–H groups in total. The molecule has 0 heterocycles. The van der Waals surface area contributed by atoms with E-state index in [0.717, 1.165) is 4.47 Å². The van der Waals surface area contributed by atoms with Gasteiger partial charge in [0.05, 0.1) is 6.10 Å². The molecule has 0 aliphatic rings. The molecule has 0 spiro atoms. The average molecular weight is 364 g/mol. The van der Waals surface area contributed by atoms with Gasteiger partial charge in [0.25, 0.3) is 5.91 Å². The van der Waals surface area contributed by atoms with Crippen molar-refractivity contribution in [3.05, 3.63) is 52.5 Å². The molecule has 0 bridgehead atoms. The Morgan fingerprint density at radius 2 is 1.68 bits per heavy atom. The van der Waals surface area contributed by atoms with E-state index in [1.807, 2.05) is 38.1 Å². The SMILES string of the molecule is CNC(=O)c1cc(Oc2ccc(Br)cc2)cc(OC(C)C)c1. The third kappa shape index (κ3) is 4.49. The van der Waals surface area contributed by atoms with E-state index in [1.165, 1.54) is 0 Å². The van der Waals surface area contributed by atoms with Gasteiger partial charge in [0.2, 0.25) is 0 Å². The lowest BCUT2D eigenvalue weighted by Gasteiger charge is -2.13. The van der Waals surface area contributed by atoms with Crippen molar-refractivity contribution in [2.75, 3.05) is 7.05 Å². The van der Waals surface area contributed by atoms with Crippen LogP contribution in [0.15, 0.2) is 46.9 Å². The summed E-state index contributed by atoms with van der Waals surface area (Å²) in [6.07, 6.45) is 0.0143. The van der Waals surface area contributed by atoms with Gasteiger partial charge in [0, 0.05) is 23.2 Å². The van der Waals surface area contributed by atoms with E-state index in [2.05, 4.69) is 21.2 Å². The summed E-state index contributed by atoms with van der Waals surface area (Å²) in [4.78, 5) is 11.9. The van der Waals surface area contributed by atoms with Crippen molar-refractivity contribution in [1.82, 2.24) is 5.32 Å². The Balaban J connectivity index is 2.32. The molecule has 0 radical (unpaired) electrons. The number of halogens is 1. The molecule has 5 heteroatoms. The molecule has 2 aromatic carbocycles. The third-order valence-electron chi connectivity index (χ3n) is 2.79. The van der Waals surface area contributed by atoms with Crippen LogP contribution in [0, 0.1) is 0 Å². The highest BCUT2D eigenvalue weighted by atomic mass is 79.9.